The molecule has 1 aliphatic carbocycles. The molecule has 250 valence electrons. The average molecular weight is 659 g/mol. The molecule has 4 saturated heterocycles. The van der Waals surface area contributed by atoms with E-state index in [0.29, 0.717) is 44.6 Å². The molecule has 6 aliphatic rings. The fraction of sp³-hybridized carbons (Fsp3) is 0.625. The van der Waals surface area contributed by atoms with E-state index in [9.17, 15) is 22.4 Å². The molecule has 5 atom stereocenters. The fourth-order valence-electron chi connectivity index (χ4n) is 9.13. The Labute approximate surface area is 266 Å². The summed E-state index contributed by atoms with van der Waals surface area (Å²) in [5, 5.41) is 3.63. The van der Waals surface area contributed by atoms with Gasteiger partial charge in [0.1, 0.15) is 35.2 Å². The van der Waals surface area contributed by atoms with Gasteiger partial charge in [0.15, 0.2) is 11.6 Å². The number of halogens is 5. The van der Waals surface area contributed by atoms with Gasteiger partial charge in [-0.25, -0.2) is 13.8 Å². The summed E-state index contributed by atoms with van der Waals surface area (Å²) in [5.41, 5.74) is 1.50. The third-order valence-electron chi connectivity index (χ3n) is 11.3. The summed E-state index contributed by atoms with van der Waals surface area (Å²) in [6, 6.07) is 1.21. The number of nitrogens with one attached hydrogen (secondary N) is 1. The van der Waals surface area contributed by atoms with E-state index in [0.717, 1.165) is 32.2 Å². The second-order valence-corrected chi connectivity index (χ2v) is 14.2. The molecule has 1 saturated carbocycles. The third kappa shape index (κ3) is 4.55. The Kier molecular flexibility index (Phi) is 6.42. The lowest BCUT2D eigenvalue weighted by atomic mass is 9.95. The van der Waals surface area contributed by atoms with Crippen molar-refractivity contribution in [3.63, 3.8) is 0 Å². The molecule has 3 aromatic heterocycles. The summed E-state index contributed by atoms with van der Waals surface area (Å²) in [6.07, 6.45) is -0.540. The minimum absolute atomic E-state index is 0.0792. The second kappa shape index (κ2) is 10.2. The first-order valence-electron chi connectivity index (χ1n) is 16.6. The van der Waals surface area contributed by atoms with Crippen LogP contribution in [0.5, 0.6) is 6.01 Å². The Morgan fingerprint density at radius 3 is 2.70 bits per heavy atom. The lowest BCUT2D eigenvalue weighted by Gasteiger charge is -2.41. The van der Waals surface area contributed by atoms with Crippen molar-refractivity contribution in [2.45, 2.75) is 99.8 Å². The van der Waals surface area contributed by atoms with Crippen molar-refractivity contribution >= 4 is 22.7 Å². The topological polar surface area (TPSA) is 114 Å². The highest BCUT2D eigenvalue weighted by Gasteiger charge is 2.50. The minimum atomic E-state index is -4.92. The number of fused-ring (bicyclic) bond motifs is 6. The lowest BCUT2D eigenvalue weighted by molar-refractivity contribution is -0.137. The maximum absolute atomic E-state index is 17.0. The highest BCUT2D eigenvalue weighted by molar-refractivity contribution is 5.91. The fourth-order valence-corrected chi connectivity index (χ4v) is 9.13. The van der Waals surface area contributed by atoms with Gasteiger partial charge in [-0.2, -0.15) is 23.1 Å². The second-order valence-electron chi connectivity index (χ2n) is 14.2. The standard InChI is InChI=1S/C32H35F5N8O2/c33-16-11-31(7-1-8-43(31)12-16)14-47-30-41-26-24(34)22(25-23(32(35,36)37)18(15-2-3-15)10-21(38)40-25)29(46)44-9-6-20-19-5-4-17(39-19)13-45(20)28(42-30)27(26)44/h10,15-17,19-20,39H,1-9,11-14H2,(H2,38,40)/t16-,17?,19?,20?,31+/m1/s1. The Morgan fingerprint density at radius 2 is 1.91 bits per heavy atom. The van der Waals surface area contributed by atoms with Gasteiger partial charge in [0.2, 0.25) is 0 Å². The van der Waals surface area contributed by atoms with Crippen LogP contribution in [0, 0.1) is 5.82 Å². The average Bonchev–Trinajstić information content (AvgIpc) is 3.63. The van der Waals surface area contributed by atoms with Crippen molar-refractivity contribution in [2.75, 3.05) is 36.9 Å². The zero-order chi connectivity index (χ0) is 32.4. The zero-order valence-electron chi connectivity index (χ0n) is 25.6. The monoisotopic (exact) mass is 658 g/mol. The van der Waals surface area contributed by atoms with Crippen molar-refractivity contribution in [1.29, 1.82) is 0 Å². The molecule has 47 heavy (non-hydrogen) atoms. The number of pyridine rings is 2. The molecule has 5 fully saturated rings. The predicted octanol–water partition coefficient (Wildman–Crippen LogP) is 4.14. The van der Waals surface area contributed by atoms with E-state index in [4.69, 9.17) is 15.5 Å². The summed E-state index contributed by atoms with van der Waals surface area (Å²) >= 11 is 0. The predicted molar refractivity (Wildman–Crippen MR) is 163 cm³/mol. The van der Waals surface area contributed by atoms with Crippen molar-refractivity contribution in [1.82, 2.24) is 29.7 Å². The highest BCUT2D eigenvalue weighted by Crippen LogP contribution is 2.50. The number of hydrogen-bond donors (Lipinski definition) is 2. The molecule has 0 aromatic carbocycles. The van der Waals surface area contributed by atoms with E-state index in [1.807, 2.05) is 0 Å². The van der Waals surface area contributed by atoms with Crippen molar-refractivity contribution in [3.8, 4) is 17.3 Å². The van der Waals surface area contributed by atoms with E-state index in [-0.39, 0.29) is 59.7 Å². The van der Waals surface area contributed by atoms with Crippen LogP contribution in [-0.4, -0.2) is 80.5 Å². The van der Waals surface area contributed by atoms with Crippen LogP contribution in [0.3, 0.4) is 0 Å². The van der Waals surface area contributed by atoms with Crippen LogP contribution in [-0.2, 0) is 12.7 Å². The van der Waals surface area contributed by atoms with E-state index in [1.54, 1.807) is 0 Å². The molecular weight excluding hydrogens is 623 g/mol. The van der Waals surface area contributed by atoms with Crippen LogP contribution in [0.15, 0.2) is 10.9 Å². The van der Waals surface area contributed by atoms with Gasteiger partial charge in [-0.05, 0) is 69.0 Å². The third-order valence-corrected chi connectivity index (χ3v) is 11.3. The number of nitrogens with zero attached hydrogens (tertiary/aromatic N) is 6. The maximum atomic E-state index is 17.0. The van der Waals surface area contributed by atoms with Gasteiger partial charge in [-0.1, -0.05) is 0 Å². The van der Waals surface area contributed by atoms with E-state index >= 15 is 4.39 Å². The van der Waals surface area contributed by atoms with Gasteiger partial charge in [-0.3, -0.25) is 9.69 Å². The Bertz CT molecular complexity index is 1860. The number of aryl methyl sites for hydroxylation is 1. The maximum Gasteiger partial charge on any atom is 0.418 e. The summed E-state index contributed by atoms with van der Waals surface area (Å²) in [4.78, 5) is 31.6. The molecule has 3 N–H and O–H groups in total. The van der Waals surface area contributed by atoms with E-state index in [1.165, 1.54) is 10.6 Å². The number of anilines is 2. The Balaban J connectivity index is 1.25. The zero-order valence-corrected chi connectivity index (χ0v) is 25.6. The van der Waals surface area contributed by atoms with Crippen LogP contribution in [0.2, 0.25) is 0 Å². The first kappa shape index (κ1) is 29.5. The van der Waals surface area contributed by atoms with Gasteiger partial charge in [0, 0.05) is 44.2 Å². The molecule has 2 bridgehead atoms. The Hall–Kier alpha value is -3.59. The number of ether oxygens (including phenoxy) is 1. The lowest BCUT2D eigenvalue weighted by Crippen LogP contribution is -2.58. The SMILES string of the molecule is Nc1cc(C2CC2)c(C(F)(F)F)c(-c2c(F)c3nc(OC[C@@]45CCCN4C[C@H](F)C5)nc4c3n(c2=O)CCC2C3CCC(CN42)N3)n1. The van der Waals surface area contributed by atoms with Gasteiger partial charge < -0.3 is 25.3 Å². The molecule has 0 radical (unpaired) electrons. The van der Waals surface area contributed by atoms with Crippen LogP contribution in [0.25, 0.3) is 22.3 Å². The van der Waals surface area contributed by atoms with Crippen LogP contribution >= 0.6 is 0 Å². The summed E-state index contributed by atoms with van der Waals surface area (Å²) in [5.74, 6) is -1.52. The van der Waals surface area contributed by atoms with E-state index < -0.39 is 52.0 Å². The summed E-state index contributed by atoms with van der Waals surface area (Å²) in [6.45, 7) is 1.84. The molecule has 5 aliphatic heterocycles. The molecule has 10 nitrogen and oxygen atoms in total. The van der Waals surface area contributed by atoms with Crippen molar-refractivity contribution in [2.24, 2.45) is 0 Å². The normalized spacial score (nSPS) is 30.1. The van der Waals surface area contributed by atoms with Gasteiger partial charge >= 0.3 is 12.2 Å². The van der Waals surface area contributed by atoms with Gasteiger partial charge in [-0.15, -0.1) is 0 Å². The molecule has 3 aromatic rings. The molecule has 15 heteroatoms. The smallest absolute Gasteiger partial charge is 0.418 e. The van der Waals surface area contributed by atoms with Crippen LogP contribution < -0.4 is 26.2 Å². The quantitative estimate of drug-likeness (QED) is 0.391. The van der Waals surface area contributed by atoms with Crippen LogP contribution in [0.4, 0.5) is 33.6 Å². The van der Waals surface area contributed by atoms with E-state index in [2.05, 4.69) is 25.1 Å². The van der Waals surface area contributed by atoms with Crippen molar-refractivity contribution in [3.05, 3.63) is 33.4 Å². The Morgan fingerprint density at radius 1 is 1.09 bits per heavy atom. The molecule has 0 amide bonds. The number of nitrogen functional groups attached to an aromatic ring is 1. The summed E-state index contributed by atoms with van der Waals surface area (Å²) in [7, 11) is 0. The largest absolute Gasteiger partial charge is 0.461 e. The summed E-state index contributed by atoms with van der Waals surface area (Å²) < 4.78 is 83.2. The number of nitrogens with two attached hydrogens (primary N) is 1. The first-order valence-corrected chi connectivity index (χ1v) is 16.6. The number of hydrogen-bond acceptors (Lipinski definition) is 9. The molecular formula is C32H35F5N8O2. The number of alkyl halides is 4. The molecule has 3 unspecified atom stereocenters. The van der Waals surface area contributed by atoms with Gasteiger partial charge in [0.25, 0.3) is 5.56 Å². The number of piperazine rings is 1. The van der Waals surface area contributed by atoms with Gasteiger partial charge in [0.05, 0.1) is 16.8 Å². The molecule has 8 heterocycles. The minimum Gasteiger partial charge on any atom is -0.461 e. The molecule has 0 spiro atoms. The van der Waals surface area contributed by atoms with Crippen molar-refractivity contribution < 1.29 is 26.7 Å². The first-order chi connectivity index (χ1) is 22.5. The highest BCUT2D eigenvalue weighted by atomic mass is 19.4. The molecule has 9 rings (SSSR count). The number of rotatable bonds is 5. The van der Waals surface area contributed by atoms with Crippen LogP contribution in [0.1, 0.15) is 68.4 Å². The number of aromatic nitrogens is 4.